The summed E-state index contributed by atoms with van der Waals surface area (Å²) in [6.45, 7) is 2.21. The Balaban J connectivity index is 1.51. The zero-order chi connectivity index (χ0) is 23.0. The minimum absolute atomic E-state index is 0.0547. The Hall–Kier alpha value is -3.55. The number of para-hydroxylation sites is 1. The maximum absolute atomic E-state index is 12.2. The summed E-state index contributed by atoms with van der Waals surface area (Å²) in [4.78, 5) is 37.9. The van der Waals surface area contributed by atoms with Crippen LogP contribution in [0.3, 0.4) is 0 Å². The fourth-order valence-electron chi connectivity index (χ4n) is 4.34. The average Bonchev–Trinajstić information content (AvgIpc) is 3.42. The lowest BCUT2D eigenvalue weighted by molar-refractivity contribution is 0.0824. The number of aromatic hydroxyl groups is 1. The zero-order valence-electron chi connectivity index (χ0n) is 18.4. The van der Waals surface area contributed by atoms with Crippen LogP contribution in [0, 0.1) is 6.92 Å². The fourth-order valence-corrected chi connectivity index (χ4v) is 4.34. The second-order valence-electron chi connectivity index (χ2n) is 8.49. The van der Waals surface area contributed by atoms with Gasteiger partial charge in [-0.3, -0.25) is 14.4 Å². The largest absolute Gasteiger partial charge is 0.505 e. The van der Waals surface area contributed by atoms with Crippen LogP contribution in [0.15, 0.2) is 38.3 Å². The van der Waals surface area contributed by atoms with Crippen molar-refractivity contribution in [2.45, 2.75) is 45.1 Å². The highest BCUT2D eigenvalue weighted by Gasteiger charge is 2.25. The first-order valence-electron chi connectivity index (χ1n) is 10.7. The number of anilines is 3. The summed E-state index contributed by atoms with van der Waals surface area (Å²) in [7, 11) is 3.16. The molecule has 1 aliphatic rings. The monoisotopic (exact) mass is 437 g/mol. The van der Waals surface area contributed by atoms with Crippen LogP contribution < -0.4 is 21.5 Å². The molecule has 1 fully saturated rings. The number of furan rings is 1. The van der Waals surface area contributed by atoms with E-state index in [0.717, 1.165) is 5.76 Å². The van der Waals surface area contributed by atoms with Gasteiger partial charge < -0.3 is 25.1 Å². The van der Waals surface area contributed by atoms with Gasteiger partial charge in [0, 0.05) is 14.1 Å². The van der Waals surface area contributed by atoms with E-state index in [1.54, 1.807) is 20.2 Å². The van der Waals surface area contributed by atoms with Gasteiger partial charge >= 0.3 is 0 Å². The number of amides is 1. The Kier molecular flexibility index (Phi) is 5.78. The third-order valence-corrected chi connectivity index (χ3v) is 6.08. The molecule has 3 N–H and O–H groups in total. The highest BCUT2D eigenvalue weighted by atomic mass is 16.3. The molecule has 3 aromatic rings. The van der Waals surface area contributed by atoms with Gasteiger partial charge in [-0.15, -0.1) is 0 Å². The number of hydrogen-bond donors (Lipinski definition) is 3. The van der Waals surface area contributed by atoms with Crippen LogP contribution >= 0.6 is 0 Å². The van der Waals surface area contributed by atoms with Crippen LogP contribution in [-0.2, 0) is 6.54 Å². The number of nitrogens with zero attached hydrogens (tertiary/aromatic N) is 1. The smallest absolute Gasteiger partial charge is 0.257 e. The SMILES string of the molecule is Cc1oc(CNc2c(Nc3cccc(C(=O)N(C)C)c3O)c(=O)c2=O)cc1C1CCCC1. The van der Waals surface area contributed by atoms with Crippen LogP contribution in [0.4, 0.5) is 17.1 Å². The maximum atomic E-state index is 12.2. The van der Waals surface area contributed by atoms with Crippen molar-refractivity contribution in [3.8, 4) is 5.75 Å². The van der Waals surface area contributed by atoms with Crippen molar-refractivity contribution < 1.29 is 14.3 Å². The number of rotatable bonds is 7. The Morgan fingerprint density at radius 2 is 1.84 bits per heavy atom. The first kappa shape index (κ1) is 21.7. The normalized spacial score (nSPS) is 14.1. The number of phenolic OH excluding ortho intramolecular Hbond substituents is 1. The van der Waals surface area contributed by atoms with Crippen LogP contribution in [0.2, 0.25) is 0 Å². The predicted octanol–water partition coefficient (Wildman–Crippen LogP) is 3.60. The molecule has 1 aliphatic carbocycles. The molecule has 4 rings (SSSR count). The zero-order valence-corrected chi connectivity index (χ0v) is 18.4. The summed E-state index contributed by atoms with van der Waals surface area (Å²) < 4.78 is 5.86. The van der Waals surface area contributed by atoms with Crippen molar-refractivity contribution in [1.82, 2.24) is 4.90 Å². The quantitative estimate of drug-likeness (QED) is 0.382. The van der Waals surface area contributed by atoms with E-state index < -0.39 is 10.9 Å². The molecule has 0 saturated heterocycles. The summed E-state index contributed by atoms with van der Waals surface area (Å²) in [6.07, 6.45) is 4.79. The van der Waals surface area contributed by atoms with Gasteiger partial charge in [-0.25, -0.2) is 0 Å². The van der Waals surface area contributed by atoms with E-state index in [9.17, 15) is 19.5 Å². The van der Waals surface area contributed by atoms with Gasteiger partial charge in [0.2, 0.25) is 0 Å². The molecule has 32 heavy (non-hydrogen) atoms. The number of aryl methyl sites for hydroxylation is 1. The van der Waals surface area contributed by atoms with E-state index in [1.807, 2.05) is 13.0 Å². The molecule has 0 unspecified atom stereocenters. The van der Waals surface area contributed by atoms with Gasteiger partial charge in [0.25, 0.3) is 16.8 Å². The molecule has 8 heteroatoms. The van der Waals surface area contributed by atoms with Crippen molar-refractivity contribution in [2.24, 2.45) is 0 Å². The second-order valence-corrected chi connectivity index (χ2v) is 8.49. The summed E-state index contributed by atoms with van der Waals surface area (Å²) in [5.41, 5.74) is 0.360. The van der Waals surface area contributed by atoms with Gasteiger partial charge in [-0.1, -0.05) is 18.9 Å². The van der Waals surface area contributed by atoms with Crippen LogP contribution in [-0.4, -0.2) is 30.0 Å². The standard InChI is InChI=1S/C24H27N3O5/c1-13-17(14-7-4-5-8-14)11-15(32-13)12-25-19-20(23(30)22(19)29)26-18-10-6-9-16(21(18)28)24(31)27(2)3/h6,9-11,14,25-26,28H,4-5,7-8,12H2,1-3H3. The fraction of sp³-hybridized carbons (Fsp3) is 0.375. The molecular formula is C24H27N3O5. The number of benzene rings is 1. The molecule has 2 aromatic carbocycles. The van der Waals surface area contributed by atoms with Crippen molar-refractivity contribution in [3.05, 3.63) is 67.4 Å². The molecule has 8 nitrogen and oxygen atoms in total. The molecule has 0 bridgehead atoms. The van der Waals surface area contributed by atoms with Crippen LogP contribution in [0.5, 0.6) is 5.75 Å². The first-order chi connectivity index (χ1) is 15.3. The van der Waals surface area contributed by atoms with E-state index >= 15 is 0 Å². The number of carbonyl (C=O) groups excluding carboxylic acids is 1. The van der Waals surface area contributed by atoms with Gasteiger partial charge in [-0.2, -0.15) is 0 Å². The van der Waals surface area contributed by atoms with E-state index in [1.165, 1.54) is 48.3 Å². The summed E-state index contributed by atoms with van der Waals surface area (Å²) >= 11 is 0. The van der Waals surface area contributed by atoms with E-state index in [2.05, 4.69) is 10.6 Å². The number of nitrogens with one attached hydrogen (secondary N) is 2. The number of hydrogen-bond acceptors (Lipinski definition) is 7. The van der Waals surface area contributed by atoms with Crippen molar-refractivity contribution in [3.63, 3.8) is 0 Å². The lowest BCUT2D eigenvalue weighted by atomic mass is 9.98. The molecule has 168 valence electrons. The lowest BCUT2D eigenvalue weighted by Crippen LogP contribution is -2.36. The molecule has 0 atom stereocenters. The third-order valence-electron chi connectivity index (χ3n) is 6.08. The Morgan fingerprint density at radius 1 is 1.16 bits per heavy atom. The van der Waals surface area contributed by atoms with Gasteiger partial charge in [0.15, 0.2) is 5.75 Å². The van der Waals surface area contributed by atoms with E-state index in [-0.39, 0.29) is 40.8 Å². The Labute approximate surface area is 185 Å². The predicted molar refractivity (Wildman–Crippen MR) is 123 cm³/mol. The third kappa shape index (κ3) is 3.88. The second kappa shape index (κ2) is 8.53. The van der Waals surface area contributed by atoms with Crippen molar-refractivity contribution >= 4 is 23.0 Å². The minimum Gasteiger partial charge on any atom is -0.505 e. The average molecular weight is 437 g/mol. The summed E-state index contributed by atoms with van der Waals surface area (Å²) in [5, 5.41) is 16.3. The molecule has 0 spiro atoms. The van der Waals surface area contributed by atoms with Crippen LogP contribution in [0.1, 0.15) is 59.0 Å². The molecule has 1 saturated carbocycles. The summed E-state index contributed by atoms with van der Waals surface area (Å²) in [6, 6.07) is 6.64. The van der Waals surface area contributed by atoms with Crippen molar-refractivity contribution in [2.75, 3.05) is 24.7 Å². The lowest BCUT2D eigenvalue weighted by Gasteiger charge is -2.17. The molecule has 1 amide bonds. The summed E-state index contributed by atoms with van der Waals surface area (Å²) in [5.74, 6) is 1.46. The Morgan fingerprint density at radius 3 is 2.53 bits per heavy atom. The number of carbonyl (C=O) groups is 1. The molecular weight excluding hydrogens is 410 g/mol. The molecule has 1 aromatic heterocycles. The molecule has 0 aliphatic heterocycles. The van der Waals surface area contributed by atoms with Crippen LogP contribution in [0.25, 0.3) is 0 Å². The highest BCUT2D eigenvalue weighted by molar-refractivity contribution is 5.99. The van der Waals surface area contributed by atoms with Crippen molar-refractivity contribution in [1.29, 1.82) is 0 Å². The minimum atomic E-state index is -0.682. The van der Waals surface area contributed by atoms with Gasteiger partial charge in [-0.05, 0) is 49.4 Å². The number of phenols is 1. The molecule has 0 radical (unpaired) electrons. The molecule has 1 heterocycles. The highest BCUT2D eigenvalue weighted by Crippen LogP contribution is 2.37. The van der Waals surface area contributed by atoms with Gasteiger partial charge in [0.05, 0.1) is 17.8 Å². The maximum Gasteiger partial charge on any atom is 0.257 e. The topological polar surface area (TPSA) is 112 Å². The first-order valence-corrected chi connectivity index (χ1v) is 10.7. The van der Waals surface area contributed by atoms with Gasteiger partial charge in [0.1, 0.15) is 22.9 Å². The van der Waals surface area contributed by atoms with E-state index in [0.29, 0.717) is 11.7 Å². The Bertz CT molecular complexity index is 1230. The van der Waals surface area contributed by atoms with E-state index in [4.69, 9.17) is 4.42 Å².